The number of rotatable bonds is 2. The fraction of sp³-hybridized carbons (Fsp3) is 0.583. The molecule has 2 heterocycles. The Bertz CT molecular complexity index is 517. The summed E-state index contributed by atoms with van der Waals surface area (Å²) >= 11 is 1.07. The highest BCUT2D eigenvalue weighted by atomic mass is 32.1. The molecule has 110 valence electrons. The van der Waals surface area contributed by atoms with Crippen LogP contribution >= 0.6 is 11.5 Å². The normalized spacial score (nSPS) is 18.8. The lowest BCUT2D eigenvalue weighted by atomic mass is 10.2. The van der Waals surface area contributed by atoms with E-state index in [9.17, 15) is 9.59 Å². The monoisotopic (exact) mass is 299 g/mol. The molecule has 1 aromatic rings. The number of hydrogen-bond acceptors (Lipinski definition) is 6. The van der Waals surface area contributed by atoms with Gasteiger partial charge in [-0.15, -0.1) is 0 Å². The molecular formula is C12H17N3O4S. The number of amides is 2. The van der Waals surface area contributed by atoms with Crippen molar-refractivity contribution in [3.63, 3.8) is 0 Å². The fourth-order valence-electron chi connectivity index (χ4n) is 2.00. The molecule has 0 radical (unpaired) electrons. The van der Waals surface area contributed by atoms with E-state index in [-0.39, 0.29) is 12.1 Å². The first-order valence-corrected chi connectivity index (χ1v) is 7.02. The summed E-state index contributed by atoms with van der Waals surface area (Å²) in [6, 6.07) is -0.256. The van der Waals surface area contributed by atoms with Gasteiger partial charge in [-0.1, -0.05) is 0 Å². The predicted molar refractivity (Wildman–Crippen MR) is 74.2 cm³/mol. The zero-order chi connectivity index (χ0) is 14.7. The van der Waals surface area contributed by atoms with Crippen molar-refractivity contribution in [2.45, 2.75) is 19.9 Å². The summed E-state index contributed by atoms with van der Waals surface area (Å²) in [6.07, 6.45) is 0. The number of methoxy groups -OCH3 is 1. The maximum absolute atomic E-state index is 12.2. The molecule has 1 N–H and O–H groups in total. The highest BCUT2D eigenvalue weighted by Crippen LogP contribution is 2.26. The third-order valence-electron chi connectivity index (χ3n) is 3.10. The average Bonchev–Trinajstić information content (AvgIpc) is 2.79. The zero-order valence-corrected chi connectivity index (χ0v) is 12.5. The van der Waals surface area contributed by atoms with Gasteiger partial charge in [-0.2, -0.15) is 4.37 Å². The molecule has 1 aromatic heterocycles. The minimum Gasteiger partial charge on any atom is -0.465 e. The van der Waals surface area contributed by atoms with Gasteiger partial charge in [0.25, 0.3) is 0 Å². The van der Waals surface area contributed by atoms with Crippen LogP contribution in [0.3, 0.4) is 0 Å². The van der Waals surface area contributed by atoms with Gasteiger partial charge in [-0.3, -0.25) is 5.32 Å². The Kier molecular flexibility index (Phi) is 4.56. The number of aryl methyl sites for hydroxylation is 1. The SMILES string of the molecule is COC(=O)c1c(C)nsc1NC(=O)N1CCOC[C@@H]1C. The first-order valence-electron chi connectivity index (χ1n) is 6.24. The van der Waals surface area contributed by atoms with Crippen molar-refractivity contribution in [3.8, 4) is 0 Å². The topological polar surface area (TPSA) is 80.8 Å². The van der Waals surface area contributed by atoms with Crippen LogP contribution in [0.4, 0.5) is 9.80 Å². The van der Waals surface area contributed by atoms with E-state index < -0.39 is 5.97 Å². The maximum atomic E-state index is 12.2. The van der Waals surface area contributed by atoms with E-state index in [2.05, 4.69) is 9.69 Å². The summed E-state index contributed by atoms with van der Waals surface area (Å²) in [7, 11) is 1.30. The molecule has 0 saturated carbocycles. The number of nitrogens with zero attached hydrogens (tertiary/aromatic N) is 2. The van der Waals surface area contributed by atoms with Crippen LogP contribution in [-0.4, -0.2) is 54.2 Å². The number of morpholine rings is 1. The molecule has 0 aromatic carbocycles. The van der Waals surface area contributed by atoms with E-state index in [1.165, 1.54) is 7.11 Å². The van der Waals surface area contributed by atoms with Crippen molar-refractivity contribution in [2.24, 2.45) is 0 Å². The molecule has 1 saturated heterocycles. The Hall–Kier alpha value is -1.67. The molecule has 1 aliphatic rings. The van der Waals surface area contributed by atoms with Gasteiger partial charge in [-0.25, -0.2) is 9.59 Å². The summed E-state index contributed by atoms with van der Waals surface area (Å²) in [6.45, 7) is 5.17. The molecule has 20 heavy (non-hydrogen) atoms. The van der Waals surface area contributed by atoms with E-state index in [4.69, 9.17) is 9.47 Å². The van der Waals surface area contributed by atoms with Gasteiger partial charge in [0.15, 0.2) is 0 Å². The van der Waals surface area contributed by atoms with Gasteiger partial charge in [0.2, 0.25) is 0 Å². The molecule has 1 atom stereocenters. The summed E-state index contributed by atoms with van der Waals surface area (Å²) in [5.41, 5.74) is 0.860. The van der Waals surface area contributed by atoms with Crippen LogP contribution in [0.1, 0.15) is 23.0 Å². The molecule has 2 rings (SSSR count). The second-order valence-corrected chi connectivity index (χ2v) is 5.28. The number of carbonyl (C=O) groups is 2. The van der Waals surface area contributed by atoms with E-state index in [0.717, 1.165) is 11.5 Å². The molecule has 1 fully saturated rings. The van der Waals surface area contributed by atoms with E-state index in [0.29, 0.717) is 36.0 Å². The standard InChI is InChI=1S/C12H17N3O4S/c1-7-6-19-5-4-15(7)12(17)13-10-9(11(16)18-3)8(2)14-20-10/h7H,4-6H2,1-3H3,(H,13,17)/t7-/m0/s1. The molecular weight excluding hydrogens is 282 g/mol. The first kappa shape index (κ1) is 14.7. The third-order valence-corrected chi connectivity index (χ3v) is 3.96. The van der Waals surface area contributed by atoms with Crippen LogP contribution < -0.4 is 5.32 Å². The van der Waals surface area contributed by atoms with Crippen molar-refractivity contribution < 1.29 is 19.1 Å². The molecule has 1 aliphatic heterocycles. The zero-order valence-electron chi connectivity index (χ0n) is 11.6. The lowest BCUT2D eigenvalue weighted by molar-refractivity contribution is 0.0222. The van der Waals surface area contributed by atoms with Crippen LogP contribution in [-0.2, 0) is 9.47 Å². The average molecular weight is 299 g/mol. The van der Waals surface area contributed by atoms with Gasteiger partial charge < -0.3 is 14.4 Å². The quantitative estimate of drug-likeness (QED) is 0.837. The summed E-state index contributed by atoms with van der Waals surface area (Å²) < 4.78 is 14.1. The van der Waals surface area contributed by atoms with Crippen molar-refractivity contribution in [2.75, 3.05) is 32.2 Å². The number of aromatic nitrogens is 1. The van der Waals surface area contributed by atoms with Crippen LogP contribution in [0, 0.1) is 6.92 Å². The van der Waals surface area contributed by atoms with Gasteiger partial charge in [0, 0.05) is 6.54 Å². The van der Waals surface area contributed by atoms with E-state index in [1.807, 2.05) is 6.92 Å². The smallest absolute Gasteiger partial charge is 0.342 e. The van der Waals surface area contributed by atoms with Crippen LogP contribution in [0.5, 0.6) is 0 Å². The molecule has 0 bridgehead atoms. The Balaban J connectivity index is 2.13. The molecule has 0 aliphatic carbocycles. The summed E-state index contributed by atoms with van der Waals surface area (Å²) in [5, 5.41) is 3.15. The lowest BCUT2D eigenvalue weighted by Crippen LogP contribution is -2.48. The Morgan fingerprint density at radius 1 is 1.55 bits per heavy atom. The number of hydrogen-bond donors (Lipinski definition) is 1. The number of carbonyl (C=O) groups excluding carboxylic acids is 2. The number of anilines is 1. The van der Waals surface area contributed by atoms with Gasteiger partial charge in [0.1, 0.15) is 10.6 Å². The number of nitrogens with one attached hydrogen (secondary N) is 1. The van der Waals surface area contributed by atoms with Crippen LogP contribution in [0.2, 0.25) is 0 Å². The Morgan fingerprint density at radius 3 is 2.95 bits per heavy atom. The minimum atomic E-state index is -0.499. The van der Waals surface area contributed by atoms with Gasteiger partial charge in [0.05, 0.1) is 32.1 Å². The summed E-state index contributed by atoms with van der Waals surface area (Å²) in [4.78, 5) is 25.6. The molecule has 0 spiro atoms. The van der Waals surface area contributed by atoms with Crippen molar-refractivity contribution >= 4 is 28.5 Å². The first-order chi connectivity index (χ1) is 9.54. The van der Waals surface area contributed by atoms with E-state index in [1.54, 1.807) is 11.8 Å². The number of ether oxygens (including phenoxy) is 2. The number of urea groups is 1. The van der Waals surface area contributed by atoms with Gasteiger partial charge in [-0.05, 0) is 25.4 Å². The lowest BCUT2D eigenvalue weighted by Gasteiger charge is -2.33. The summed E-state index contributed by atoms with van der Waals surface area (Å²) in [5.74, 6) is -0.499. The van der Waals surface area contributed by atoms with Crippen LogP contribution in [0.25, 0.3) is 0 Å². The number of esters is 1. The molecule has 2 amide bonds. The fourth-order valence-corrected chi connectivity index (χ4v) is 2.77. The van der Waals surface area contributed by atoms with E-state index >= 15 is 0 Å². The third kappa shape index (κ3) is 2.91. The van der Waals surface area contributed by atoms with Crippen LogP contribution in [0.15, 0.2) is 0 Å². The van der Waals surface area contributed by atoms with Crippen molar-refractivity contribution in [1.29, 1.82) is 0 Å². The predicted octanol–water partition coefficient (Wildman–Crippen LogP) is 1.49. The second kappa shape index (κ2) is 6.19. The highest BCUT2D eigenvalue weighted by molar-refractivity contribution is 7.11. The Morgan fingerprint density at radius 2 is 2.30 bits per heavy atom. The highest BCUT2D eigenvalue weighted by Gasteiger charge is 2.26. The largest absolute Gasteiger partial charge is 0.465 e. The minimum absolute atomic E-state index is 0.000606. The second-order valence-electron chi connectivity index (χ2n) is 4.51. The van der Waals surface area contributed by atoms with Crippen molar-refractivity contribution in [3.05, 3.63) is 11.3 Å². The van der Waals surface area contributed by atoms with Crippen molar-refractivity contribution in [1.82, 2.24) is 9.27 Å². The molecule has 7 nitrogen and oxygen atoms in total. The van der Waals surface area contributed by atoms with Gasteiger partial charge >= 0.3 is 12.0 Å². The molecule has 0 unspecified atom stereocenters. The molecule has 8 heteroatoms. The Labute approximate surface area is 121 Å². The maximum Gasteiger partial charge on any atom is 0.342 e.